The Kier molecular flexibility index (Phi) is 5.45. The Morgan fingerprint density at radius 3 is 2.77 bits per heavy atom. The van der Waals surface area contributed by atoms with Crippen molar-refractivity contribution in [3.05, 3.63) is 23.3 Å². The molecule has 168 valence electrons. The summed E-state index contributed by atoms with van der Waals surface area (Å²) in [6.45, 7) is 6.51. The second-order valence-electron chi connectivity index (χ2n) is 10.2. The number of hydrogen-bond donors (Lipinski definition) is 2. The van der Waals surface area contributed by atoms with E-state index in [4.69, 9.17) is 15.9 Å². The van der Waals surface area contributed by atoms with Crippen molar-refractivity contribution < 1.29 is 14.6 Å². The van der Waals surface area contributed by atoms with Crippen LogP contribution in [0.2, 0.25) is 0 Å². The van der Waals surface area contributed by atoms with Gasteiger partial charge >= 0.3 is 0 Å². The first-order valence-electron chi connectivity index (χ1n) is 11.9. The molecule has 2 N–H and O–H groups in total. The molecule has 3 aliphatic carbocycles. The van der Waals surface area contributed by atoms with Gasteiger partial charge in [-0.25, -0.2) is 0 Å². The van der Waals surface area contributed by atoms with Crippen LogP contribution in [0.5, 0.6) is 5.75 Å². The summed E-state index contributed by atoms with van der Waals surface area (Å²) in [4.78, 5) is 2.45. The lowest BCUT2D eigenvalue weighted by atomic mass is 9.53. The first-order chi connectivity index (χ1) is 15.0. The van der Waals surface area contributed by atoms with Gasteiger partial charge in [0, 0.05) is 38.7 Å². The van der Waals surface area contributed by atoms with Crippen molar-refractivity contribution in [2.45, 2.75) is 57.0 Å². The highest BCUT2D eigenvalue weighted by atomic mass is 16.7. The Labute approximate surface area is 186 Å². The summed E-state index contributed by atoms with van der Waals surface area (Å²) in [6, 6.07) is 4.70. The van der Waals surface area contributed by atoms with E-state index in [1.54, 1.807) is 7.11 Å². The Hall–Kier alpha value is -1.74. The molecule has 1 saturated heterocycles. The molecule has 0 unspecified atom stereocenters. The summed E-state index contributed by atoms with van der Waals surface area (Å²) in [7, 11) is 1.67. The third-order valence-corrected chi connectivity index (χ3v) is 8.98. The fourth-order valence-electron chi connectivity index (χ4n) is 7.23. The topological polar surface area (TPSA) is 54.0 Å². The molecule has 1 heterocycles. The van der Waals surface area contributed by atoms with Crippen molar-refractivity contribution >= 4 is 5.69 Å². The molecule has 1 aromatic rings. The minimum atomic E-state index is -0.938. The molecular formula is C26H36N2O3. The van der Waals surface area contributed by atoms with Crippen LogP contribution >= 0.6 is 0 Å². The van der Waals surface area contributed by atoms with Crippen molar-refractivity contribution in [3.63, 3.8) is 0 Å². The minimum Gasteiger partial charge on any atom is -0.465 e. The van der Waals surface area contributed by atoms with Crippen LogP contribution in [0.3, 0.4) is 0 Å². The Morgan fingerprint density at radius 2 is 2.03 bits per heavy atom. The number of fused-ring (bicyclic) bond motifs is 5. The number of anilines is 1. The van der Waals surface area contributed by atoms with E-state index in [2.05, 4.69) is 35.2 Å². The van der Waals surface area contributed by atoms with Gasteiger partial charge < -0.3 is 24.8 Å². The van der Waals surface area contributed by atoms with Crippen LogP contribution in [0.4, 0.5) is 5.69 Å². The summed E-state index contributed by atoms with van der Waals surface area (Å²) >= 11 is 0. The monoisotopic (exact) mass is 424 g/mol. The average molecular weight is 425 g/mol. The van der Waals surface area contributed by atoms with Crippen molar-refractivity contribution in [3.8, 4) is 18.1 Å². The minimum absolute atomic E-state index is 0.149. The zero-order chi connectivity index (χ0) is 21.6. The number of rotatable bonds is 4. The number of aliphatic hydroxyl groups is 1. The molecule has 0 bridgehead atoms. The van der Waals surface area contributed by atoms with E-state index in [1.165, 1.54) is 23.2 Å². The average Bonchev–Trinajstić information content (AvgIpc) is 3.08. The van der Waals surface area contributed by atoms with E-state index in [0.29, 0.717) is 17.8 Å². The third kappa shape index (κ3) is 3.26. The fourth-order valence-corrected chi connectivity index (χ4v) is 7.23. The quantitative estimate of drug-likeness (QED) is 0.574. The Balaban J connectivity index is 1.50. The zero-order valence-electron chi connectivity index (χ0n) is 19.0. The first kappa shape index (κ1) is 21.1. The number of piperazine rings is 1. The van der Waals surface area contributed by atoms with E-state index < -0.39 is 5.60 Å². The molecule has 0 amide bonds. The number of methoxy groups -OCH3 is 1. The van der Waals surface area contributed by atoms with Gasteiger partial charge in [0.2, 0.25) is 0 Å². The SMILES string of the molecule is C#C[C@@]1(O)CC[C@H]2[C@@H]3CCc4cc(OCOC)c(N5CCNCC5)cc4[C@H]3CC[C@@]21C. The molecule has 5 rings (SSSR count). The van der Waals surface area contributed by atoms with Gasteiger partial charge in [0.05, 0.1) is 5.69 Å². The summed E-state index contributed by atoms with van der Waals surface area (Å²) in [5.74, 6) is 5.41. The smallest absolute Gasteiger partial charge is 0.188 e. The molecule has 4 aliphatic rings. The predicted molar refractivity (Wildman–Crippen MR) is 122 cm³/mol. The first-order valence-corrected chi connectivity index (χ1v) is 11.9. The number of terminal acetylenes is 1. The summed E-state index contributed by atoms with van der Waals surface area (Å²) in [6.07, 6.45) is 12.0. The Bertz CT molecular complexity index is 874. The van der Waals surface area contributed by atoms with Gasteiger partial charge in [0.1, 0.15) is 11.4 Å². The van der Waals surface area contributed by atoms with E-state index >= 15 is 0 Å². The summed E-state index contributed by atoms with van der Waals surface area (Å²) < 4.78 is 11.2. The highest BCUT2D eigenvalue weighted by molar-refractivity contribution is 5.63. The van der Waals surface area contributed by atoms with Crippen LogP contribution in [-0.2, 0) is 11.2 Å². The van der Waals surface area contributed by atoms with Gasteiger partial charge in [-0.1, -0.05) is 12.8 Å². The lowest BCUT2D eigenvalue weighted by molar-refractivity contribution is -0.0647. The number of benzene rings is 1. The second kappa shape index (κ2) is 7.99. The van der Waals surface area contributed by atoms with Crippen LogP contribution in [0.15, 0.2) is 12.1 Å². The number of nitrogens with zero attached hydrogens (tertiary/aromatic N) is 1. The van der Waals surface area contributed by atoms with Crippen LogP contribution in [0, 0.1) is 29.6 Å². The van der Waals surface area contributed by atoms with Crippen LogP contribution in [0.25, 0.3) is 0 Å². The highest BCUT2D eigenvalue weighted by Gasteiger charge is 2.61. The van der Waals surface area contributed by atoms with Crippen molar-refractivity contribution in [1.82, 2.24) is 5.32 Å². The van der Waals surface area contributed by atoms with Gasteiger partial charge in [-0.05, 0) is 79.5 Å². The maximum atomic E-state index is 11.2. The highest BCUT2D eigenvalue weighted by Crippen LogP contribution is 2.64. The van der Waals surface area contributed by atoms with E-state index in [9.17, 15) is 5.11 Å². The number of hydrogen-bond acceptors (Lipinski definition) is 5. The fraction of sp³-hybridized carbons (Fsp3) is 0.692. The largest absolute Gasteiger partial charge is 0.465 e. The van der Waals surface area contributed by atoms with Gasteiger partial charge in [-0.2, -0.15) is 0 Å². The van der Waals surface area contributed by atoms with Gasteiger partial charge in [-0.15, -0.1) is 6.42 Å². The molecule has 3 fully saturated rings. The zero-order valence-corrected chi connectivity index (χ0v) is 19.0. The molecule has 0 radical (unpaired) electrons. The standard InChI is InChI=1S/C26H36N2O3/c1-4-26(29)10-8-22-20-6-5-18-15-24(31-17-30-3)23(28-13-11-27-12-14-28)16-21(18)19(20)7-9-25(22,26)2/h1,15-16,19-20,22,27,29H,5-14,17H2,2-3H3/t19-,20+,22-,25-,26+/m0/s1. The molecule has 1 aromatic carbocycles. The molecule has 2 saturated carbocycles. The molecule has 5 atom stereocenters. The Morgan fingerprint density at radius 1 is 1.23 bits per heavy atom. The van der Waals surface area contributed by atoms with Gasteiger partial charge in [0.15, 0.2) is 6.79 Å². The molecule has 0 aromatic heterocycles. The van der Waals surface area contributed by atoms with Crippen molar-refractivity contribution in [2.24, 2.45) is 17.3 Å². The van der Waals surface area contributed by atoms with E-state index in [1.807, 2.05) is 0 Å². The van der Waals surface area contributed by atoms with Gasteiger partial charge in [0.25, 0.3) is 0 Å². The van der Waals surface area contributed by atoms with E-state index in [0.717, 1.165) is 64.0 Å². The lowest BCUT2D eigenvalue weighted by Gasteiger charge is -2.52. The van der Waals surface area contributed by atoms with Crippen LogP contribution in [-0.4, -0.2) is 50.8 Å². The maximum Gasteiger partial charge on any atom is 0.188 e. The normalized spacial score (nSPS) is 36.8. The molecular weight excluding hydrogens is 388 g/mol. The van der Waals surface area contributed by atoms with Crippen LogP contribution < -0.4 is 15.0 Å². The van der Waals surface area contributed by atoms with Crippen molar-refractivity contribution in [2.75, 3.05) is 45.0 Å². The summed E-state index contributed by atoms with van der Waals surface area (Å²) in [5, 5.41) is 14.6. The third-order valence-electron chi connectivity index (χ3n) is 8.98. The molecule has 5 nitrogen and oxygen atoms in total. The predicted octanol–water partition coefficient (Wildman–Crippen LogP) is 3.30. The second-order valence-corrected chi connectivity index (χ2v) is 10.2. The molecule has 0 spiro atoms. The van der Waals surface area contributed by atoms with Crippen LogP contribution in [0.1, 0.15) is 56.1 Å². The number of aryl methyl sites for hydroxylation is 1. The number of nitrogens with one attached hydrogen (secondary N) is 1. The number of ether oxygens (including phenoxy) is 2. The molecule has 1 aliphatic heterocycles. The molecule has 31 heavy (non-hydrogen) atoms. The van der Waals surface area contributed by atoms with E-state index in [-0.39, 0.29) is 12.2 Å². The summed E-state index contributed by atoms with van der Waals surface area (Å²) in [5.41, 5.74) is 3.06. The van der Waals surface area contributed by atoms with Crippen molar-refractivity contribution in [1.29, 1.82) is 0 Å². The lowest BCUT2D eigenvalue weighted by Crippen LogP contribution is -2.50. The van der Waals surface area contributed by atoms with Gasteiger partial charge in [-0.3, -0.25) is 0 Å². The molecule has 5 heteroatoms. The maximum absolute atomic E-state index is 11.2.